The standard InChI is InChI=1S/C64H89BrFN9O15/c1-44-21-27-55(65)71-62(44)72-63(84)54-37-48(66)40-74(54)59(81)41-75-53-26-22-46(36-51(53)61(73-75)45(2)76)47-38-68-56(69-39-47)28-24-50(78)42-89-34-33-88-31-29-67-58(80)43-90-35-32-87-30-17-18-49(77)23-25-52(64(85)86)70-57(79)19-15-13-11-9-7-5-3-4-6-8-10-12-14-16-20-60(82)83/h21-22,26-27,36,38-39,48,52,54H,3-20,23-25,28-35,37,40-43H2,1-2H3,(H,67,80)(H,70,79)(H,82,83)(H,85,86)(H,71,72,84)/t48-,52+,54+/m1/s1. The lowest BCUT2D eigenvalue weighted by molar-refractivity contribution is -0.142. The van der Waals surface area contributed by atoms with Crippen molar-refractivity contribution in [1.29, 1.82) is 0 Å². The molecule has 1 aromatic carbocycles. The number of carboxylic acid groups (broad SMARTS) is 2. The van der Waals surface area contributed by atoms with Crippen molar-refractivity contribution in [3.8, 4) is 11.1 Å². The number of alkyl halides is 1. The fourth-order valence-electron chi connectivity index (χ4n) is 10.2. The number of aromatic nitrogens is 5. The van der Waals surface area contributed by atoms with Crippen LogP contribution in [0.4, 0.5) is 10.2 Å². The molecule has 3 atom stereocenters. The largest absolute Gasteiger partial charge is 0.481 e. The molecule has 24 nitrogen and oxygen atoms in total. The SMILES string of the molecule is CC(=O)c1nn(CC(=O)N2C[C@H](F)C[C@H]2C(=O)Nc2nc(Br)ccc2C)c2ccc(-c3cnc(CCC(=O)COCCOCCNC(=O)COCCOCCCC(=O)CC[C@H](NC(=O)CCCCCCCCCCCCCCCCC(=O)O)C(=O)O)nc3)cc12. The van der Waals surface area contributed by atoms with Crippen molar-refractivity contribution in [1.82, 2.24) is 40.3 Å². The number of amides is 4. The van der Waals surface area contributed by atoms with Gasteiger partial charge in [0.05, 0.1) is 45.1 Å². The molecule has 1 aliphatic rings. The molecule has 3 aromatic heterocycles. The van der Waals surface area contributed by atoms with Gasteiger partial charge in [0.1, 0.15) is 65.7 Å². The smallest absolute Gasteiger partial charge is 0.326 e. The summed E-state index contributed by atoms with van der Waals surface area (Å²) in [5.74, 6) is -3.55. The van der Waals surface area contributed by atoms with Crippen molar-refractivity contribution >= 4 is 85.6 Å². The third-order valence-corrected chi connectivity index (χ3v) is 15.6. The van der Waals surface area contributed by atoms with Crippen LogP contribution in [0.5, 0.6) is 0 Å². The highest BCUT2D eigenvalue weighted by molar-refractivity contribution is 9.10. The van der Waals surface area contributed by atoms with Crippen LogP contribution in [-0.4, -0.2) is 177 Å². The summed E-state index contributed by atoms with van der Waals surface area (Å²) in [6.45, 7) is 3.66. The Kier molecular flexibility index (Phi) is 33.9. The number of aliphatic carboxylic acids is 2. The van der Waals surface area contributed by atoms with Gasteiger partial charge in [0.15, 0.2) is 11.6 Å². The normalized spacial score (nSPS) is 14.2. The second kappa shape index (κ2) is 41.4. The van der Waals surface area contributed by atoms with Gasteiger partial charge in [-0.05, 0) is 77.9 Å². The number of hydrogen-bond acceptors (Lipinski definition) is 17. The average Bonchev–Trinajstić information content (AvgIpc) is 1.71. The summed E-state index contributed by atoms with van der Waals surface area (Å²) >= 11 is 3.29. The zero-order valence-electron chi connectivity index (χ0n) is 52.0. The second-order valence-electron chi connectivity index (χ2n) is 22.6. The van der Waals surface area contributed by atoms with Crippen LogP contribution < -0.4 is 16.0 Å². The number of fused-ring (bicyclic) bond motifs is 1. The monoisotopic (exact) mass is 1320 g/mol. The molecule has 5 rings (SSSR count). The highest BCUT2D eigenvalue weighted by atomic mass is 79.9. The van der Waals surface area contributed by atoms with E-state index in [-0.39, 0.29) is 159 Å². The van der Waals surface area contributed by atoms with Gasteiger partial charge in [-0.15, -0.1) is 0 Å². The van der Waals surface area contributed by atoms with Crippen LogP contribution >= 0.6 is 15.9 Å². The second-order valence-corrected chi connectivity index (χ2v) is 23.4. The summed E-state index contributed by atoms with van der Waals surface area (Å²) in [5.41, 5.74) is 2.61. The number of anilines is 1. The van der Waals surface area contributed by atoms with Crippen LogP contribution in [0.15, 0.2) is 47.3 Å². The number of ketones is 3. The first-order valence-electron chi connectivity index (χ1n) is 31.4. The van der Waals surface area contributed by atoms with E-state index in [1.54, 1.807) is 49.6 Å². The van der Waals surface area contributed by atoms with Gasteiger partial charge in [-0.1, -0.05) is 89.2 Å². The van der Waals surface area contributed by atoms with E-state index in [1.807, 2.05) is 0 Å². The molecule has 5 N–H and O–H groups in total. The minimum absolute atomic E-state index is 0.0141. The van der Waals surface area contributed by atoms with Gasteiger partial charge in [0.2, 0.25) is 23.6 Å². The summed E-state index contributed by atoms with van der Waals surface area (Å²) in [6.07, 6.45) is 18.2. The van der Waals surface area contributed by atoms with Crippen LogP contribution in [0.1, 0.15) is 170 Å². The minimum Gasteiger partial charge on any atom is -0.481 e. The third-order valence-electron chi connectivity index (χ3n) is 15.2. The Hall–Kier alpha value is -7.00. The van der Waals surface area contributed by atoms with Crippen LogP contribution in [-0.2, 0) is 70.3 Å². The lowest BCUT2D eigenvalue weighted by atomic mass is 10.0. The molecule has 90 heavy (non-hydrogen) atoms. The Balaban J connectivity index is 0.833. The molecular formula is C64H89BrFN9O15. The van der Waals surface area contributed by atoms with E-state index < -0.39 is 42.0 Å². The Labute approximate surface area is 533 Å². The highest BCUT2D eigenvalue weighted by Gasteiger charge is 2.40. The summed E-state index contributed by atoms with van der Waals surface area (Å²) in [4.78, 5) is 126. The van der Waals surface area contributed by atoms with E-state index in [2.05, 4.69) is 51.9 Å². The zero-order chi connectivity index (χ0) is 65.0. The van der Waals surface area contributed by atoms with Crippen LogP contribution in [0.25, 0.3) is 22.0 Å². The molecule has 1 aliphatic heterocycles. The molecule has 4 aromatic rings. The Morgan fingerprint density at radius 3 is 1.96 bits per heavy atom. The van der Waals surface area contributed by atoms with Crippen molar-refractivity contribution in [2.45, 2.75) is 186 Å². The van der Waals surface area contributed by atoms with Gasteiger partial charge >= 0.3 is 11.9 Å². The third kappa shape index (κ3) is 28.0. The quantitative estimate of drug-likeness (QED) is 0.0157. The zero-order valence-corrected chi connectivity index (χ0v) is 53.5. The molecule has 0 unspecified atom stereocenters. The maximum atomic E-state index is 14.8. The Bertz CT molecular complexity index is 2970. The molecule has 494 valence electrons. The van der Waals surface area contributed by atoms with Crippen molar-refractivity contribution in [2.75, 3.05) is 71.3 Å². The van der Waals surface area contributed by atoms with Crippen LogP contribution in [0.3, 0.4) is 0 Å². The first-order valence-corrected chi connectivity index (χ1v) is 32.2. The molecule has 4 amide bonds. The van der Waals surface area contributed by atoms with E-state index >= 15 is 0 Å². The fraction of sp³-hybridized carbons (Fsp3) is 0.609. The first kappa shape index (κ1) is 73.7. The number of Topliss-reactive ketones (excluding diaryl/α,β-unsaturated/α-hetero) is 3. The van der Waals surface area contributed by atoms with Crippen molar-refractivity contribution in [3.63, 3.8) is 0 Å². The molecule has 1 saturated heterocycles. The molecule has 26 heteroatoms. The summed E-state index contributed by atoms with van der Waals surface area (Å²) in [7, 11) is 0. The van der Waals surface area contributed by atoms with Gasteiger partial charge in [-0.25, -0.2) is 24.1 Å². The molecule has 0 spiro atoms. The number of hydrogen-bond donors (Lipinski definition) is 5. The number of carbonyl (C=O) groups is 9. The minimum atomic E-state index is -1.41. The number of nitrogens with one attached hydrogen (secondary N) is 3. The molecule has 0 bridgehead atoms. The van der Waals surface area contributed by atoms with Gasteiger partial charge < -0.3 is 50.0 Å². The van der Waals surface area contributed by atoms with Gasteiger partial charge in [0.25, 0.3) is 0 Å². The molecule has 1 fully saturated rings. The predicted octanol–water partition coefficient (Wildman–Crippen LogP) is 8.45. The fourth-order valence-corrected chi connectivity index (χ4v) is 10.5. The number of carbonyl (C=O) groups excluding carboxylic acids is 7. The number of benzene rings is 1. The predicted molar refractivity (Wildman–Crippen MR) is 335 cm³/mol. The average molecular weight is 1320 g/mol. The van der Waals surface area contributed by atoms with Gasteiger partial charge in [-0.3, -0.25) is 43.0 Å². The van der Waals surface area contributed by atoms with Crippen molar-refractivity contribution in [2.24, 2.45) is 0 Å². The Morgan fingerprint density at radius 1 is 0.689 bits per heavy atom. The number of halogens is 2. The number of likely N-dealkylation sites (tertiary alicyclic amines) is 1. The van der Waals surface area contributed by atoms with Crippen molar-refractivity contribution in [3.05, 3.63) is 64.4 Å². The molecule has 0 saturated carbocycles. The number of nitrogens with zero attached hydrogens (tertiary/aromatic N) is 6. The van der Waals surface area contributed by atoms with E-state index in [9.17, 15) is 52.6 Å². The number of ether oxygens (including phenoxy) is 4. The molecule has 0 radical (unpaired) electrons. The highest BCUT2D eigenvalue weighted by Crippen LogP contribution is 2.29. The van der Waals surface area contributed by atoms with E-state index in [4.69, 9.17) is 24.1 Å². The number of rotatable bonds is 48. The maximum absolute atomic E-state index is 14.8. The number of pyridine rings is 1. The molecule has 4 heterocycles. The van der Waals surface area contributed by atoms with Crippen molar-refractivity contribution < 1.29 is 76.7 Å². The van der Waals surface area contributed by atoms with Gasteiger partial charge in [-0.2, -0.15) is 5.10 Å². The van der Waals surface area contributed by atoms with Gasteiger partial charge in [0, 0.05) is 88.4 Å². The van der Waals surface area contributed by atoms with Crippen LogP contribution in [0, 0.1) is 6.92 Å². The van der Waals surface area contributed by atoms with E-state index in [0.29, 0.717) is 56.7 Å². The summed E-state index contributed by atoms with van der Waals surface area (Å²) in [6, 6.07) is 6.52. The number of carboxylic acids is 2. The molecule has 0 aliphatic carbocycles. The number of aryl methyl sites for hydroxylation is 2. The van der Waals surface area contributed by atoms with E-state index in [1.165, 1.54) is 55.0 Å². The first-order chi connectivity index (χ1) is 43.4. The van der Waals surface area contributed by atoms with E-state index in [0.717, 1.165) is 44.9 Å². The van der Waals surface area contributed by atoms with Crippen LogP contribution in [0.2, 0.25) is 0 Å². The summed E-state index contributed by atoms with van der Waals surface area (Å²) in [5, 5.41) is 31.2. The lowest BCUT2D eigenvalue weighted by Gasteiger charge is -2.24. The molecular weight excluding hydrogens is 1230 g/mol. The summed E-state index contributed by atoms with van der Waals surface area (Å²) < 4.78 is 38.4. The lowest BCUT2D eigenvalue weighted by Crippen LogP contribution is -2.44. The topological polar surface area (TPSA) is 327 Å². The number of unbranched alkanes of at least 4 members (excludes halogenated alkanes) is 13. The maximum Gasteiger partial charge on any atom is 0.326 e. The Morgan fingerprint density at radius 2 is 1.31 bits per heavy atom.